The number of alkyl halides is 4. The minimum absolute atomic E-state index is 0.0252. The van der Waals surface area contributed by atoms with Crippen molar-refractivity contribution in [3.05, 3.63) is 24.3 Å². The van der Waals surface area contributed by atoms with E-state index in [0.717, 1.165) is 17.0 Å². The van der Waals surface area contributed by atoms with Gasteiger partial charge >= 0.3 is 6.18 Å². The van der Waals surface area contributed by atoms with Crippen molar-refractivity contribution >= 4 is 39.4 Å². The summed E-state index contributed by atoms with van der Waals surface area (Å²) in [4.78, 5) is 9.19. The first-order valence-corrected chi connectivity index (χ1v) is 8.77. The third-order valence-corrected chi connectivity index (χ3v) is 5.60. The van der Waals surface area contributed by atoms with Crippen LogP contribution in [0.3, 0.4) is 0 Å². The van der Waals surface area contributed by atoms with Crippen LogP contribution >= 0.6 is 22.6 Å². The zero-order valence-electron chi connectivity index (χ0n) is 12.5. The fourth-order valence-corrected chi connectivity index (χ4v) is 4.30. The van der Waals surface area contributed by atoms with Crippen molar-refractivity contribution in [2.45, 2.75) is 22.4 Å². The maximum Gasteiger partial charge on any atom is 0.390 e. The summed E-state index contributed by atoms with van der Waals surface area (Å²) in [7, 11) is 0. The number of H-pyrrole nitrogens is 1. The number of hydrogen-bond acceptors (Lipinski definition) is 4. The van der Waals surface area contributed by atoms with E-state index in [9.17, 15) is 13.2 Å². The first kappa shape index (κ1) is 16.1. The average molecular weight is 450 g/mol. The zero-order valence-corrected chi connectivity index (χ0v) is 14.6. The van der Waals surface area contributed by atoms with Gasteiger partial charge in [0.05, 0.1) is 18.1 Å². The summed E-state index contributed by atoms with van der Waals surface area (Å²) >= 11 is 2.30. The number of nitrogens with one attached hydrogen (secondary N) is 1. The molecule has 0 aliphatic carbocycles. The first-order valence-electron chi connectivity index (χ1n) is 7.53. The van der Waals surface area contributed by atoms with E-state index in [0.29, 0.717) is 18.7 Å². The molecular weight excluding hydrogens is 436 g/mol. The molecule has 24 heavy (non-hydrogen) atoms. The van der Waals surface area contributed by atoms with Gasteiger partial charge in [-0.2, -0.15) is 13.2 Å². The number of aromatic amines is 1. The molecule has 2 atom stereocenters. The highest BCUT2D eigenvalue weighted by Crippen LogP contribution is 2.34. The molecule has 4 rings (SSSR count). The van der Waals surface area contributed by atoms with E-state index in [1.165, 1.54) is 0 Å². The first-order chi connectivity index (χ1) is 11.4. The minimum atomic E-state index is -4.12. The fraction of sp³-hybridized carbons (Fsp3) is 0.500. The maximum atomic E-state index is 12.5. The molecule has 0 unspecified atom stereocenters. The van der Waals surface area contributed by atoms with Crippen molar-refractivity contribution in [2.75, 3.05) is 19.6 Å². The van der Waals surface area contributed by atoms with E-state index < -0.39 is 12.6 Å². The molecule has 0 spiro atoms. The maximum absolute atomic E-state index is 12.5. The highest BCUT2D eigenvalue weighted by Gasteiger charge is 2.37. The third kappa shape index (κ3) is 2.85. The lowest BCUT2D eigenvalue weighted by molar-refractivity contribution is -0.137. The van der Waals surface area contributed by atoms with Gasteiger partial charge in [0.2, 0.25) is 0 Å². The van der Waals surface area contributed by atoms with Crippen molar-refractivity contribution in [3.8, 4) is 0 Å². The highest BCUT2D eigenvalue weighted by atomic mass is 127. The van der Waals surface area contributed by atoms with Gasteiger partial charge < -0.3 is 9.88 Å². The van der Waals surface area contributed by atoms with Gasteiger partial charge in [-0.25, -0.2) is 4.98 Å². The number of likely N-dealkylation sites (tertiary alicyclic amines) is 1. The zero-order chi connectivity index (χ0) is 16.9. The van der Waals surface area contributed by atoms with Crippen LogP contribution in [0.15, 0.2) is 18.5 Å². The van der Waals surface area contributed by atoms with E-state index in [-0.39, 0.29) is 16.4 Å². The molecule has 3 aromatic rings. The smallest absolute Gasteiger partial charge is 0.345 e. The van der Waals surface area contributed by atoms with Crippen LogP contribution in [-0.4, -0.2) is 59.2 Å². The quantitative estimate of drug-likeness (QED) is 0.493. The van der Waals surface area contributed by atoms with E-state index in [2.05, 4.69) is 42.8 Å². The Morgan fingerprint density at radius 3 is 2.92 bits per heavy atom. The average Bonchev–Trinajstić information content (AvgIpc) is 3.20. The van der Waals surface area contributed by atoms with E-state index in [4.69, 9.17) is 0 Å². The number of hydrogen-bond donors (Lipinski definition) is 1. The number of aromatic nitrogens is 5. The van der Waals surface area contributed by atoms with Gasteiger partial charge in [0, 0.05) is 35.7 Å². The van der Waals surface area contributed by atoms with E-state index >= 15 is 0 Å². The topological polar surface area (TPSA) is 62.1 Å². The molecule has 6 nitrogen and oxygen atoms in total. The monoisotopic (exact) mass is 450 g/mol. The molecule has 128 valence electrons. The van der Waals surface area contributed by atoms with E-state index in [1.807, 2.05) is 15.4 Å². The van der Waals surface area contributed by atoms with Crippen LogP contribution in [-0.2, 0) is 0 Å². The molecule has 1 N–H and O–H groups in total. The lowest BCUT2D eigenvalue weighted by Gasteiger charge is -2.16. The molecule has 0 amide bonds. The van der Waals surface area contributed by atoms with Crippen molar-refractivity contribution in [3.63, 3.8) is 0 Å². The van der Waals surface area contributed by atoms with Gasteiger partial charge in [-0.3, -0.25) is 4.40 Å². The summed E-state index contributed by atoms with van der Waals surface area (Å²) in [5, 5.41) is 8.48. The lowest BCUT2D eigenvalue weighted by Crippen LogP contribution is -2.26. The summed E-state index contributed by atoms with van der Waals surface area (Å²) in [5.41, 5.74) is 2.26. The number of nitrogens with zero attached hydrogens (tertiary/aromatic N) is 5. The van der Waals surface area contributed by atoms with Crippen molar-refractivity contribution in [2.24, 2.45) is 0 Å². The summed E-state index contributed by atoms with van der Waals surface area (Å²) in [6.07, 6.45) is -1.46. The Balaban J connectivity index is 1.64. The van der Waals surface area contributed by atoms with Gasteiger partial charge in [-0.1, -0.05) is 22.6 Å². The molecule has 10 heteroatoms. The Morgan fingerprint density at radius 2 is 2.12 bits per heavy atom. The predicted molar refractivity (Wildman–Crippen MR) is 90.3 cm³/mol. The second-order valence-electron chi connectivity index (χ2n) is 5.97. The minimum Gasteiger partial charge on any atom is -0.345 e. The van der Waals surface area contributed by atoms with Crippen LogP contribution in [0.1, 0.15) is 18.2 Å². The van der Waals surface area contributed by atoms with Gasteiger partial charge in [-0.05, 0) is 6.07 Å². The predicted octanol–water partition coefficient (Wildman–Crippen LogP) is 2.76. The fourth-order valence-electron chi connectivity index (χ4n) is 3.19. The summed E-state index contributed by atoms with van der Waals surface area (Å²) < 4.78 is 39.5. The second kappa shape index (κ2) is 5.83. The van der Waals surface area contributed by atoms with Gasteiger partial charge in [0.1, 0.15) is 5.82 Å². The third-order valence-electron chi connectivity index (χ3n) is 4.33. The van der Waals surface area contributed by atoms with Crippen LogP contribution in [0.25, 0.3) is 16.8 Å². The van der Waals surface area contributed by atoms with Crippen LogP contribution in [0.4, 0.5) is 13.2 Å². The second-order valence-corrected chi connectivity index (χ2v) is 7.57. The van der Waals surface area contributed by atoms with Crippen LogP contribution in [0, 0.1) is 0 Å². The Bertz CT molecular complexity index is 872. The van der Waals surface area contributed by atoms with Gasteiger partial charge in [0.15, 0.2) is 11.3 Å². The Morgan fingerprint density at radius 1 is 1.29 bits per heavy atom. The highest BCUT2D eigenvalue weighted by molar-refractivity contribution is 14.1. The normalized spacial score (nSPS) is 22.8. The van der Waals surface area contributed by atoms with Gasteiger partial charge in [-0.15, -0.1) is 10.2 Å². The molecule has 0 aromatic carbocycles. The molecule has 4 heterocycles. The van der Waals surface area contributed by atoms with Crippen LogP contribution in [0.5, 0.6) is 0 Å². The van der Waals surface area contributed by atoms with Crippen molar-refractivity contribution < 1.29 is 13.2 Å². The molecule has 3 aromatic heterocycles. The molecule has 1 saturated heterocycles. The number of fused-ring (bicyclic) bond motifs is 3. The summed E-state index contributed by atoms with van der Waals surface area (Å²) in [6.45, 7) is 1.20. The largest absolute Gasteiger partial charge is 0.390 e. The molecule has 1 fully saturated rings. The van der Waals surface area contributed by atoms with E-state index in [1.54, 1.807) is 12.4 Å². The molecule has 0 saturated carbocycles. The molecule has 0 bridgehead atoms. The van der Waals surface area contributed by atoms with Crippen molar-refractivity contribution in [1.82, 2.24) is 29.5 Å². The lowest BCUT2D eigenvalue weighted by atomic mass is 10.1. The standard InChI is InChI=1S/C14H14F3IN6/c15-14(16,17)2-4-23-6-8(9(18)7-23)13-22-21-11-5-20-12-10(24(11)13)1-3-19-12/h1,3,5,8-9,19H,2,4,6-7H2/t8-,9+/m0/s1. The SMILES string of the molecule is FC(F)(F)CCN1C[C@@H](I)[C@@H](c2nnc3cnc4[nH]ccc4n23)C1. The number of rotatable bonds is 3. The summed E-state index contributed by atoms with van der Waals surface area (Å²) in [5.74, 6) is 0.820. The summed E-state index contributed by atoms with van der Waals surface area (Å²) in [6, 6.07) is 1.90. The van der Waals surface area contributed by atoms with Gasteiger partial charge in [0.25, 0.3) is 0 Å². The van der Waals surface area contributed by atoms with Crippen LogP contribution < -0.4 is 0 Å². The molecule has 0 radical (unpaired) electrons. The molecule has 1 aliphatic heterocycles. The van der Waals surface area contributed by atoms with Crippen LogP contribution in [0.2, 0.25) is 0 Å². The molecular formula is C14H14F3IN6. The Hall–Kier alpha value is -1.43. The Kier molecular flexibility index (Phi) is 3.90. The Labute approximate surface area is 148 Å². The molecule has 1 aliphatic rings. The number of halogens is 4. The van der Waals surface area contributed by atoms with Crippen molar-refractivity contribution in [1.29, 1.82) is 0 Å².